The van der Waals surface area contributed by atoms with Gasteiger partial charge in [-0.2, -0.15) is 4.98 Å². The van der Waals surface area contributed by atoms with Gasteiger partial charge < -0.3 is 24.4 Å². The zero-order valence-electron chi connectivity index (χ0n) is 14.7. The number of hydrogen-bond acceptors (Lipinski definition) is 7. The Morgan fingerprint density at radius 1 is 1.31 bits per heavy atom. The fraction of sp³-hybridized carbons (Fsp3) is 0.500. The van der Waals surface area contributed by atoms with E-state index < -0.39 is 0 Å². The van der Waals surface area contributed by atoms with Gasteiger partial charge in [0.25, 0.3) is 0 Å². The number of ether oxygens (including phenoxy) is 2. The standard InChI is InChI=1S/C18H23N3O5/c1-24-14-4-2-13(3-5-14)17-20-16(26-21-17)10-15(23)19-11-18(12-22)6-8-25-9-7-18/h2-5,22H,6-12H2,1H3,(H,19,23). The van der Waals surface area contributed by atoms with Gasteiger partial charge in [-0.1, -0.05) is 5.16 Å². The van der Waals surface area contributed by atoms with Gasteiger partial charge in [-0.05, 0) is 37.1 Å². The number of benzene rings is 1. The van der Waals surface area contributed by atoms with E-state index in [9.17, 15) is 9.90 Å². The molecular weight excluding hydrogens is 338 g/mol. The first-order valence-corrected chi connectivity index (χ1v) is 8.56. The van der Waals surface area contributed by atoms with Gasteiger partial charge >= 0.3 is 0 Å². The minimum Gasteiger partial charge on any atom is -0.497 e. The molecular formula is C18H23N3O5. The number of carbonyl (C=O) groups is 1. The second-order valence-electron chi connectivity index (χ2n) is 6.46. The summed E-state index contributed by atoms with van der Waals surface area (Å²) in [4.78, 5) is 16.4. The van der Waals surface area contributed by atoms with Crippen molar-refractivity contribution in [2.45, 2.75) is 19.3 Å². The fourth-order valence-corrected chi connectivity index (χ4v) is 2.87. The predicted octanol–water partition coefficient (Wildman–Crippen LogP) is 1.19. The van der Waals surface area contributed by atoms with Gasteiger partial charge in [0.05, 0.1) is 13.7 Å². The van der Waals surface area contributed by atoms with Crippen LogP contribution in [0.3, 0.4) is 0 Å². The summed E-state index contributed by atoms with van der Waals surface area (Å²) in [7, 11) is 1.60. The van der Waals surface area contributed by atoms with Crippen molar-refractivity contribution < 1.29 is 23.9 Å². The van der Waals surface area contributed by atoms with Crippen molar-refractivity contribution in [3.8, 4) is 17.1 Å². The first kappa shape index (κ1) is 18.3. The Hall–Kier alpha value is -2.45. The molecule has 1 aliphatic heterocycles. The molecule has 0 unspecified atom stereocenters. The summed E-state index contributed by atoms with van der Waals surface area (Å²) in [6, 6.07) is 7.26. The van der Waals surface area contributed by atoms with Crippen LogP contribution in [0.2, 0.25) is 0 Å². The fourth-order valence-electron chi connectivity index (χ4n) is 2.87. The molecule has 1 aromatic heterocycles. The molecule has 0 radical (unpaired) electrons. The highest BCUT2D eigenvalue weighted by atomic mass is 16.5. The SMILES string of the molecule is COc1ccc(-c2noc(CC(=O)NCC3(CO)CCOCC3)n2)cc1. The van der Waals surface area contributed by atoms with E-state index in [2.05, 4.69) is 15.5 Å². The van der Waals surface area contributed by atoms with Crippen molar-refractivity contribution in [3.63, 3.8) is 0 Å². The molecule has 0 atom stereocenters. The van der Waals surface area contributed by atoms with Gasteiger partial charge in [-0.25, -0.2) is 0 Å². The molecule has 1 aromatic carbocycles. The lowest BCUT2D eigenvalue weighted by Crippen LogP contribution is -2.44. The number of aliphatic hydroxyl groups is 1. The summed E-state index contributed by atoms with van der Waals surface area (Å²) < 4.78 is 15.6. The Bertz CT molecular complexity index is 723. The Morgan fingerprint density at radius 2 is 2.04 bits per heavy atom. The number of nitrogens with one attached hydrogen (secondary N) is 1. The Balaban J connectivity index is 1.55. The zero-order valence-corrected chi connectivity index (χ0v) is 14.7. The summed E-state index contributed by atoms with van der Waals surface area (Å²) in [5, 5.41) is 16.4. The molecule has 3 rings (SSSR count). The monoisotopic (exact) mass is 361 g/mol. The smallest absolute Gasteiger partial charge is 0.236 e. The quantitative estimate of drug-likeness (QED) is 0.763. The number of aliphatic hydroxyl groups excluding tert-OH is 1. The topological polar surface area (TPSA) is 107 Å². The third-order valence-electron chi connectivity index (χ3n) is 4.68. The lowest BCUT2D eigenvalue weighted by atomic mass is 9.81. The molecule has 0 spiro atoms. The van der Waals surface area contributed by atoms with Crippen molar-refractivity contribution in [2.24, 2.45) is 5.41 Å². The first-order valence-electron chi connectivity index (χ1n) is 8.56. The highest BCUT2D eigenvalue weighted by molar-refractivity contribution is 5.77. The van der Waals surface area contributed by atoms with Crippen LogP contribution in [0.4, 0.5) is 0 Å². The maximum Gasteiger partial charge on any atom is 0.236 e. The zero-order chi connectivity index (χ0) is 18.4. The van der Waals surface area contributed by atoms with E-state index in [1.165, 1.54) is 0 Å². The second-order valence-corrected chi connectivity index (χ2v) is 6.46. The van der Waals surface area contributed by atoms with Crippen LogP contribution in [0.15, 0.2) is 28.8 Å². The van der Waals surface area contributed by atoms with Crippen LogP contribution < -0.4 is 10.1 Å². The minimum atomic E-state index is -0.309. The van der Waals surface area contributed by atoms with Crippen LogP contribution in [0, 0.1) is 5.41 Å². The molecule has 26 heavy (non-hydrogen) atoms. The van der Waals surface area contributed by atoms with Crippen molar-refractivity contribution >= 4 is 5.91 Å². The normalized spacial score (nSPS) is 16.2. The number of methoxy groups -OCH3 is 1. The van der Waals surface area contributed by atoms with E-state index in [0.717, 1.165) is 24.2 Å². The van der Waals surface area contributed by atoms with Crippen LogP contribution in [0.5, 0.6) is 5.75 Å². The summed E-state index contributed by atoms with van der Waals surface area (Å²) in [5.41, 5.74) is 0.472. The number of carbonyl (C=O) groups excluding carboxylic acids is 1. The molecule has 8 heteroatoms. The molecule has 1 amide bonds. The Labute approximate surface area is 151 Å². The van der Waals surface area contributed by atoms with E-state index in [-0.39, 0.29) is 30.2 Å². The van der Waals surface area contributed by atoms with E-state index in [1.807, 2.05) is 12.1 Å². The predicted molar refractivity (Wildman–Crippen MR) is 92.6 cm³/mol. The van der Waals surface area contributed by atoms with E-state index in [4.69, 9.17) is 14.0 Å². The third-order valence-corrected chi connectivity index (χ3v) is 4.68. The molecule has 140 valence electrons. The maximum atomic E-state index is 12.2. The van der Waals surface area contributed by atoms with E-state index in [1.54, 1.807) is 19.2 Å². The number of amides is 1. The molecule has 0 bridgehead atoms. The second kappa shape index (κ2) is 8.29. The highest BCUT2D eigenvalue weighted by Gasteiger charge is 2.32. The van der Waals surface area contributed by atoms with Gasteiger partial charge in [-0.3, -0.25) is 4.79 Å². The van der Waals surface area contributed by atoms with Crippen molar-refractivity contribution in [3.05, 3.63) is 30.2 Å². The third kappa shape index (κ3) is 4.39. The Kier molecular flexibility index (Phi) is 5.85. The number of rotatable bonds is 7. The number of nitrogens with zero attached hydrogens (tertiary/aromatic N) is 2. The van der Waals surface area contributed by atoms with Crippen LogP contribution in [0.1, 0.15) is 18.7 Å². The average Bonchev–Trinajstić information content (AvgIpc) is 3.15. The molecule has 1 fully saturated rings. The van der Waals surface area contributed by atoms with Crippen molar-refractivity contribution in [1.29, 1.82) is 0 Å². The summed E-state index contributed by atoms with van der Waals surface area (Å²) in [5.74, 6) is 1.20. The van der Waals surface area contributed by atoms with Gasteiger partial charge in [0, 0.05) is 30.7 Å². The molecule has 2 heterocycles. The van der Waals surface area contributed by atoms with Crippen LogP contribution in [-0.4, -0.2) is 54.6 Å². The van der Waals surface area contributed by atoms with Crippen LogP contribution in [0.25, 0.3) is 11.4 Å². The van der Waals surface area contributed by atoms with Gasteiger partial charge in [0.2, 0.25) is 17.6 Å². The lowest BCUT2D eigenvalue weighted by Gasteiger charge is -2.35. The summed E-state index contributed by atoms with van der Waals surface area (Å²) in [6.45, 7) is 1.64. The van der Waals surface area contributed by atoms with Crippen LogP contribution >= 0.6 is 0 Å². The molecule has 2 aromatic rings. The summed E-state index contributed by atoms with van der Waals surface area (Å²) in [6.07, 6.45) is 1.46. The molecule has 0 saturated carbocycles. The number of hydrogen-bond donors (Lipinski definition) is 2. The van der Waals surface area contributed by atoms with Crippen LogP contribution in [-0.2, 0) is 16.0 Å². The van der Waals surface area contributed by atoms with Gasteiger partial charge in [-0.15, -0.1) is 0 Å². The molecule has 1 aliphatic rings. The molecule has 8 nitrogen and oxygen atoms in total. The van der Waals surface area contributed by atoms with E-state index in [0.29, 0.717) is 25.6 Å². The molecule has 2 N–H and O–H groups in total. The largest absolute Gasteiger partial charge is 0.497 e. The Morgan fingerprint density at radius 3 is 2.69 bits per heavy atom. The van der Waals surface area contributed by atoms with Gasteiger partial charge in [0.1, 0.15) is 12.2 Å². The first-order chi connectivity index (χ1) is 12.6. The van der Waals surface area contributed by atoms with Crippen molar-refractivity contribution in [2.75, 3.05) is 33.5 Å². The summed E-state index contributed by atoms with van der Waals surface area (Å²) >= 11 is 0. The lowest BCUT2D eigenvalue weighted by molar-refractivity contribution is -0.122. The minimum absolute atomic E-state index is 0.00115. The molecule has 0 aliphatic carbocycles. The maximum absolute atomic E-state index is 12.2. The average molecular weight is 361 g/mol. The van der Waals surface area contributed by atoms with Gasteiger partial charge in [0.15, 0.2) is 0 Å². The van der Waals surface area contributed by atoms with Crippen molar-refractivity contribution in [1.82, 2.24) is 15.5 Å². The highest BCUT2D eigenvalue weighted by Crippen LogP contribution is 2.29. The molecule has 1 saturated heterocycles. The van der Waals surface area contributed by atoms with E-state index >= 15 is 0 Å². The number of aromatic nitrogens is 2.